The monoisotopic (exact) mass is 461 g/mol. The molecular formula is C26H35N7O. The fourth-order valence-electron chi connectivity index (χ4n) is 3.88. The lowest BCUT2D eigenvalue weighted by Crippen LogP contribution is -2.40. The Bertz CT molecular complexity index is 1120. The Hall–Kier alpha value is -3.78. The standard InChI is InChI=1S/C15H17N3O.C11H18N4/c1-10-3-4-13-9-12(14-7-8-16-17-14)5-6-15(13)18(10)11(2)19;1-8(2)15(14)7-11(13)9-3-5-10(12)6-4-9/h5-10H,3-4H2,1-2H3,(H,16,17);3-8H,12-14H2,1-2H3/b;11-7-/t10-;/m0./s1. The summed E-state index contributed by atoms with van der Waals surface area (Å²) in [6.45, 7) is 7.72. The third-order valence-corrected chi connectivity index (χ3v) is 5.89. The van der Waals surface area contributed by atoms with E-state index in [-0.39, 0.29) is 18.0 Å². The first kappa shape index (κ1) is 24.9. The number of nitrogens with zero attached hydrogens (tertiary/aromatic N) is 3. The van der Waals surface area contributed by atoms with E-state index in [0.29, 0.717) is 5.70 Å². The molecule has 2 heterocycles. The summed E-state index contributed by atoms with van der Waals surface area (Å²) in [5.41, 5.74) is 18.1. The second-order valence-corrected chi connectivity index (χ2v) is 8.84. The van der Waals surface area contributed by atoms with Gasteiger partial charge in [-0.25, -0.2) is 5.84 Å². The molecule has 0 saturated heterocycles. The van der Waals surface area contributed by atoms with Gasteiger partial charge in [0.05, 0.1) is 11.4 Å². The molecular weight excluding hydrogens is 426 g/mol. The lowest BCUT2D eigenvalue weighted by atomic mass is 9.94. The fourth-order valence-corrected chi connectivity index (χ4v) is 3.88. The maximum absolute atomic E-state index is 11.8. The van der Waals surface area contributed by atoms with Gasteiger partial charge in [0.25, 0.3) is 0 Å². The Morgan fingerprint density at radius 2 is 1.91 bits per heavy atom. The van der Waals surface area contributed by atoms with Crippen LogP contribution in [0.3, 0.4) is 0 Å². The SMILES string of the molecule is CC(=O)N1c2ccc(-c3ccn[nH]3)cc2CC[C@@H]1C.CC(C)N(N)/C=C(\N)c1ccc(N)cc1. The number of nitrogen functional groups attached to an aromatic ring is 1. The highest BCUT2D eigenvalue weighted by Gasteiger charge is 2.26. The van der Waals surface area contributed by atoms with Crippen LogP contribution in [-0.4, -0.2) is 33.2 Å². The molecule has 1 atom stereocenters. The molecule has 180 valence electrons. The molecule has 0 fully saturated rings. The van der Waals surface area contributed by atoms with E-state index in [4.69, 9.17) is 17.3 Å². The first-order valence-electron chi connectivity index (χ1n) is 11.5. The lowest BCUT2D eigenvalue weighted by molar-refractivity contribution is -0.117. The van der Waals surface area contributed by atoms with E-state index in [2.05, 4.69) is 23.2 Å². The molecule has 1 aliphatic heterocycles. The van der Waals surface area contributed by atoms with Gasteiger partial charge in [0.1, 0.15) is 0 Å². The van der Waals surface area contributed by atoms with E-state index in [9.17, 15) is 4.79 Å². The second-order valence-electron chi connectivity index (χ2n) is 8.84. The summed E-state index contributed by atoms with van der Waals surface area (Å²) in [7, 11) is 0. The van der Waals surface area contributed by atoms with Crippen LogP contribution in [0.25, 0.3) is 17.0 Å². The molecule has 0 unspecified atom stereocenters. The molecule has 2 aromatic carbocycles. The lowest BCUT2D eigenvalue weighted by Gasteiger charge is -2.34. The molecule has 1 amide bonds. The van der Waals surface area contributed by atoms with E-state index < -0.39 is 0 Å². The van der Waals surface area contributed by atoms with Crippen LogP contribution in [0.15, 0.2) is 60.9 Å². The highest BCUT2D eigenvalue weighted by Crippen LogP contribution is 2.33. The van der Waals surface area contributed by atoms with Crippen molar-refractivity contribution >= 4 is 23.0 Å². The molecule has 3 aromatic rings. The Labute approximate surface area is 201 Å². The summed E-state index contributed by atoms with van der Waals surface area (Å²) in [4.78, 5) is 13.7. The third kappa shape index (κ3) is 5.96. The summed E-state index contributed by atoms with van der Waals surface area (Å²) in [5, 5.41) is 8.52. The minimum absolute atomic E-state index is 0.114. The minimum atomic E-state index is 0.114. The van der Waals surface area contributed by atoms with Gasteiger partial charge in [-0.1, -0.05) is 18.2 Å². The number of anilines is 2. The number of hydrazine groups is 1. The van der Waals surface area contributed by atoms with Crippen LogP contribution in [0.2, 0.25) is 0 Å². The normalized spacial score (nSPS) is 15.4. The summed E-state index contributed by atoms with van der Waals surface area (Å²) in [6, 6.07) is 16.1. The quantitative estimate of drug-likeness (QED) is 0.265. The van der Waals surface area contributed by atoms with Gasteiger partial charge in [-0.3, -0.25) is 9.89 Å². The fraction of sp³-hybridized carbons (Fsp3) is 0.308. The molecule has 8 heteroatoms. The van der Waals surface area contributed by atoms with Crippen LogP contribution >= 0.6 is 0 Å². The molecule has 7 N–H and O–H groups in total. The number of aromatic amines is 1. The van der Waals surface area contributed by atoms with Gasteiger partial charge in [0.2, 0.25) is 5.91 Å². The van der Waals surface area contributed by atoms with E-state index >= 15 is 0 Å². The highest BCUT2D eigenvalue weighted by atomic mass is 16.2. The molecule has 4 rings (SSSR count). The van der Waals surface area contributed by atoms with Gasteiger partial charge in [-0.05, 0) is 80.6 Å². The predicted octanol–water partition coefficient (Wildman–Crippen LogP) is 3.87. The third-order valence-electron chi connectivity index (χ3n) is 5.89. The second kappa shape index (κ2) is 10.9. The van der Waals surface area contributed by atoms with Crippen LogP contribution in [0.5, 0.6) is 0 Å². The molecule has 1 aromatic heterocycles. The van der Waals surface area contributed by atoms with Crippen molar-refractivity contribution in [3.05, 3.63) is 72.1 Å². The molecule has 0 spiro atoms. The number of carbonyl (C=O) groups is 1. The van der Waals surface area contributed by atoms with E-state index in [0.717, 1.165) is 41.0 Å². The molecule has 0 radical (unpaired) electrons. The zero-order valence-electron chi connectivity index (χ0n) is 20.3. The first-order valence-corrected chi connectivity index (χ1v) is 11.5. The summed E-state index contributed by atoms with van der Waals surface area (Å²) >= 11 is 0. The van der Waals surface area contributed by atoms with Gasteiger partial charge in [-0.15, -0.1) is 0 Å². The Morgan fingerprint density at radius 3 is 2.50 bits per heavy atom. The number of hydrogen-bond donors (Lipinski definition) is 4. The average molecular weight is 462 g/mol. The van der Waals surface area contributed by atoms with Crippen LogP contribution in [0.1, 0.15) is 45.2 Å². The van der Waals surface area contributed by atoms with Crippen LogP contribution in [0.4, 0.5) is 11.4 Å². The van der Waals surface area contributed by atoms with Crippen molar-refractivity contribution in [1.82, 2.24) is 15.2 Å². The van der Waals surface area contributed by atoms with Crippen LogP contribution in [0, 0.1) is 0 Å². The Kier molecular flexibility index (Phi) is 7.96. The molecule has 8 nitrogen and oxygen atoms in total. The number of aromatic nitrogens is 2. The molecule has 0 aliphatic carbocycles. The number of amides is 1. The van der Waals surface area contributed by atoms with Crippen molar-refractivity contribution in [3.63, 3.8) is 0 Å². The van der Waals surface area contributed by atoms with Gasteiger partial charge in [-0.2, -0.15) is 5.10 Å². The van der Waals surface area contributed by atoms with Gasteiger partial charge >= 0.3 is 0 Å². The molecule has 0 saturated carbocycles. The number of aryl methyl sites for hydroxylation is 1. The van der Waals surface area contributed by atoms with Crippen molar-refractivity contribution in [2.75, 3.05) is 10.6 Å². The molecule has 0 bridgehead atoms. The van der Waals surface area contributed by atoms with E-state index in [1.165, 1.54) is 5.56 Å². The van der Waals surface area contributed by atoms with Crippen molar-refractivity contribution < 1.29 is 4.79 Å². The number of benzene rings is 2. The maximum Gasteiger partial charge on any atom is 0.224 e. The predicted molar refractivity (Wildman–Crippen MR) is 139 cm³/mol. The van der Waals surface area contributed by atoms with Gasteiger partial charge in [0, 0.05) is 42.8 Å². The first-order chi connectivity index (χ1) is 16.2. The number of nitrogens with one attached hydrogen (secondary N) is 1. The van der Waals surface area contributed by atoms with Crippen LogP contribution < -0.4 is 22.2 Å². The van der Waals surface area contributed by atoms with Crippen molar-refractivity contribution in [2.24, 2.45) is 11.6 Å². The van der Waals surface area contributed by atoms with Crippen LogP contribution in [-0.2, 0) is 11.2 Å². The van der Waals surface area contributed by atoms with Crippen molar-refractivity contribution in [2.45, 2.75) is 52.6 Å². The van der Waals surface area contributed by atoms with Gasteiger partial charge < -0.3 is 21.4 Å². The maximum atomic E-state index is 11.8. The number of nitrogens with two attached hydrogens (primary N) is 3. The van der Waals surface area contributed by atoms with E-state index in [1.54, 1.807) is 24.3 Å². The van der Waals surface area contributed by atoms with Crippen molar-refractivity contribution in [3.8, 4) is 11.3 Å². The zero-order chi connectivity index (χ0) is 24.8. The Balaban J connectivity index is 0.000000197. The topological polar surface area (TPSA) is 130 Å². The molecule has 1 aliphatic rings. The summed E-state index contributed by atoms with van der Waals surface area (Å²) in [5.74, 6) is 5.85. The minimum Gasteiger partial charge on any atom is -0.399 e. The molecule has 34 heavy (non-hydrogen) atoms. The average Bonchev–Trinajstić information content (AvgIpc) is 3.34. The number of hydrogen-bond acceptors (Lipinski definition) is 6. The highest BCUT2D eigenvalue weighted by molar-refractivity contribution is 5.93. The summed E-state index contributed by atoms with van der Waals surface area (Å²) in [6.07, 6.45) is 5.50. The summed E-state index contributed by atoms with van der Waals surface area (Å²) < 4.78 is 0. The number of H-pyrrole nitrogens is 1. The smallest absolute Gasteiger partial charge is 0.224 e. The zero-order valence-corrected chi connectivity index (χ0v) is 20.3. The Morgan fingerprint density at radius 1 is 1.21 bits per heavy atom. The number of fused-ring (bicyclic) bond motifs is 1. The number of rotatable bonds is 4. The number of carbonyl (C=O) groups excluding carboxylic acids is 1. The van der Waals surface area contributed by atoms with Crippen molar-refractivity contribution in [1.29, 1.82) is 0 Å². The largest absolute Gasteiger partial charge is 0.399 e. The van der Waals surface area contributed by atoms with E-state index in [1.807, 2.05) is 61.2 Å². The van der Waals surface area contributed by atoms with Gasteiger partial charge in [0.15, 0.2) is 0 Å².